The van der Waals surface area contributed by atoms with Crippen LogP contribution in [0.2, 0.25) is 0 Å². The summed E-state index contributed by atoms with van der Waals surface area (Å²) in [6.07, 6.45) is 5.32. The molecule has 0 spiro atoms. The Balaban J connectivity index is 1.44. The standard InChI is InChI=1S/C31H35N5O4/c1-6-36-25-8-7-23(18-26(25)33(5)29(38)31(3,4)30(36)39)20-34(19-22-9-12-32-13-10-22)15-16-35-14-11-27-24(28(35)37)17-21(2)40-27/h7-14,17-18H,6,15-16,19-20H2,1-5H3. The molecule has 208 valence electrons. The fourth-order valence-corrected chi connectivity index (χ4v) is 5.39. The molecule has 4 aromatic rings. The minimum Gasteiger partial charge on any atom is -0.461 e. The number of aromatic nitrogens is 2. The van der Waals surface area contributed by atoms with Crippen LogP contribution in [0, 0.1) is 12.3 Å². The van der Waals surface area contributed by atoms with Gasteiger partial charge in [0.05, 0.1) is 16.8 Å². The molecule has 1 aliphatic rings. The molecule has 0 fully saturated rings. The highest BCUT2D eigenvalue weighted by molar-refractivity contribution is 6.19. The molecule has 0 saturated heterocycles. The van der Waals surface area contributed by atoms with Gasteiger partial charge in [0.2, 0.25) is 11.8 Å². The molecule has 0 aliphatic carbocycles. The van der Waals surface area contributed by atoms with Gasteiger partial charge in [0.1, 0.15) is 16.8 Å². The molecule has 3 aromatic heterocycles. The van der Waals surface area contributed by atoms with Gasteiger partial charge in [-0.1, -0.05) is 6.07 Å². The van der Waals surface area contributed by atoms with Crippen LogP contribution in [0.4, 0.5) is 11.4 Å². The summed E-state index contributed by atoms with van der Waals surface area (Å²) < 4.78 is 7.33. The van der Waals surface area contributed by atoms with Crippen LogP contribution in [0.3, 0.4) is 0 Å². The molecule has 0 atom stereocenters. The highest BCUT2D eigenvalue weighted by Crippen LogP contribution is 2.39. The molecule has 2 amide bonds. The topological polar surface area (TPSA) is 91.9 Å². The quantitative estimate of drug-likeness (QED) is 0.308. The van der Waals surface area contributed by atoms with E-state index in [1.165, 1.54) is 0 Å². The van der Waals surface area contributed by atoms with Crippen LogP contribution < -0.4 is 15.4 Å². The Hall–Kier alpha value is -4.24. The zero-order valence-electron chi connectivity index (χ0n) is 23.7. The van der Waals surface area contributed by atoms with Crippen molar-refractivity contribution in [2.24, 2.45) is 5.41 Å². The Morgan fingerprint density at radius 3 is 2.38 bits per heavy atom. The SMILES string of the molecule is CCN1C(=O)C(C)(C)C(=O)N(C)c2cc(CN(CCn3ccc4oc(C)cc4c3=O)Cc3ccncc3)ccc21. The number of amides is 2. The summed E-state index contributed by atoms with van der Waals surface area (Å²) in [7, 11) is 1.73. The number of carbonyl (C=O) groups excluding carboxylic acids is 2. The van der Waals surface area contributed by atoms with Crippen molar-refractivity contribution in [3.05, 3.63) is 88.3 Å². The van der Waals surface area contributed by atoms with E-state index in [9.17, 15) is 14.4 Å². The van der Waals surface area contributed by atoms with Crippen LogP contribution in [-0.4, -0.2) is 46.4 Å². The van der Waals surface area contributed by atoms with Gasteiger partial charge in [0.25, 0.3) is 5.56 Å². The van der Waals surface area contributed by atoms with Crippen LogP contribution in [0.5, 0.6) is 0 Å². The van der Waals surface area contributed by atoms with Gasteiger partial charge in [0.15, 0.2) is 0 Å². The summed E-state index contributed by atoms with van der Waals surface area (Å²) in [5.41, 5.74) is 2.92. The summed E-state index contributed by atoms with van der Waals surface area (Å²) in [5, 5.41) is 0.581. The monoisotopic (exact) mass is 541 g/mol. The first-order valence-electron chi connectivity index (χ1n) is 13.5. The van der Waals surface area contributed by atoms with Gasteiger partial charge in [0, 0.05) is 58.4 Å². The zero-order valence-corrected chi connectivity index (χ0v) is 23.7. The summed E-state index contributed by atoms with van der Waals surface area (Å²) >= 11 is 0. The van der Waals surface area contributed by atoms with Crippen molar-refractivity contribution in [3.8, 4) is 0 Å². The molecule has 5 rings (SSSR count). The third-order valence-electron chi connectivity index (χ3n) is 7.63. The third-order valence-corrected chi connectivity index (χ3v) is 7.63. The van der Waals surface area contributed by atoms with Gasteiger partial charge >= 0.3 is 0 Å². The van der Waals surface area contributed by atoms with Crippen molar-refractivity contribution in [2.75, 3.05) is 29.9 Å². The maximum atomic E-state index is 13.3. The molecule has 0 radical (unpaired) electrons. The lowest BCUT2D eigenvalue weighted by Crippen LogP contribution is -2.47. The number of pyridine rings is 2. The first-order chi connectivity index (χ1) is 19.1. The molecular formula is C31H35N5O4. The van der Waals surface area contributed by atoms with Gasteiger partial charge in [-0.15, -0.1) is 0 Å². The number of benzene rings is 1. The van der Waals surface area contributed by atoms with Crippen molar-refractivity contribution in [2.45, 2.75) is 47.3 Å². The lowest BCUT2D eigenvalue weighted by atomic mass is 9.90. The largest absolute Gasteiger partial charge is 0.461 e. The van der Waals surface area contributed by atoms with E-state index in [-0.39, 0.29) is 17.4 Å². The normalized spacial score (nSPS) is 15.2. The first-order valence-corrected chi connectivity index (χ1v) is 13.5. The van der Waals surface area contributed by atoms with Crippen LogP contribution in [-0.2, 0) is 29.2 Å². The fraction of sp³-hybridized carbons (Fsp3) is 0.355. The number of fused-ring (bicyclic) bond motifs is 2. The molecule has 9 nitrogen and oxygen atoms in total. The van der Waals surface area contributed by atoms with Crippen molar-refractivity contribution >= 4 is 34.2 Å². The van der Waals surface area contributed by atoms with E-state index >= 15 is 0 Å². The van der Waals surface area contributed by atoms with Crippen LogP contribution >= 0.6 is 0 Å². The van der Waals surface area contributed by atoms with Gasteiger partial charge < -0.3 is 18.8 Å². The predicted molar refractivity (Wildman–Crippen MR) is 155 cm³/mol. The van der Waals surface area contributed by atoms with Gasteiger partial charge in [-0.3, -0.25) is 24.3 Å². The fourth-order valence-electron chi connectivity index (χ4n) is 5.39. The zero-order chi connectivity index (χ0) is 28.6. The first kappa shape index (κ1) is 27.3. The molecule has 0 unspecified atom stereocenters. The average molecular weight is 542 g/mol. The lowest BCUT2D eigenvalue weighted by molar-refractivity contribution is -0.137. The molecule has 4 heterocycles. The van der Waals surface area contributed by atoms with Gasteiger partial charge in [-0.05, 0) is 75.2 Å². The van der Waals surface area contributed by atoms with E-state index < -0.39 is 5.41 Å². The Bertz CT molecular complexity index is 1620. The average Bonchev–Trinajstić information content (AvgIpc) is 3.32. The Morgan fingerprint density at radius 2 is 1.65 bits per heavy atom. The van der Waals surface area contributed by atoms with Gasteiger partial charge in [-0.25, -0.2) is 0 Å². The number of hydrogen-bond donors (Lipinski definition) is 0. The predicted octanol–water partition coefficient (Wildman–Crippen LogP) is 4.36. The number of aryl methyl sites for hydroxylation is 1. The van der Waals surface area contributed by atoms with Crippen LogP contribution in [0.1, 0.15) is 37.7 Å². The molecule has 0 bridgehead atoms. The molecule has 0 saturated carbocycles. The van der Waals surface area contributed by atoms with E-state index in [4.69, 9.17) is 4.42 Å². The Kier molecular flexibility index (Phi) is 7.33. The van der Waals surface area contributed by atoms with E-state index in [0.29, 0.717) is 55.1 Å². The molecule has 40 heavy (non-hydrogen) atoms. The molecule has 9 heteroatoms. The number of rotatable bonds is 8. The van der Waals surface area contributed by atoms with E-state index in [1.54, 1.807) is 59.9 Å². The van der Waals surface area contributed by atoms with Crippen molar-refractivity contribution in [3.63, 3.8) is 0 Å². The second-order valence-electron chi connectivity index (χ2n) is 10.9. The second-order valence-corrected chi connectivity index (χ2v) is 10.9. The van der Waals surface area contributed by atoms with E-state index in [0.717, 1.165) is 16.8 Å². The van der Waals surface area contributed by atoms with Gasteiger partial charge in [-0.2, -0.15) is 0 Å². The minimum atomic E-state index is -1.15. The van der Waals surface area contributed by atoms with Crippen LogP contribution in [0.25, 0.3) is 11.0 Å². The molecule has 1 aromatic carbocycles. The van der Waals surface area contributed by atoms with Crippen LogP contribution in [0.15, 0.2) is 70.3 Å². The summed E-state index contributed by atoms with van der Waals surface area (Å²) in [4.78, 5) is 49.3. The summed E-state index contributed by atoms with van der Waals surface area (Å²) in [6.45, 7) is 9.95. The van der Waals surface area contributed by atoms with E-state index in [2.05, 4.69) is 9.88 Å². The maximum absolute atomic E-state index is 13.3. The number of hydrogen-bond acceptors (Lipinski definition) is 6. The molecule has 0 N–H and O–H groups in total. The molecular weight excluding hydrogens is 506 g/mol. The highest BCUT2D eigenvalue weighted by Gasteiger charge is 2.45. The molecule has 1 aliphatic heterocycles. The van der Waals surface area contributed by atoms with Crippen molar-refractivity contribution in [1.29, 1.82) is 0 Å². The Morgan fingerprint density at radius 1 is 0.925 bits per heavy atom. The van der Waals surface area contributed by atoms with Crippen molar-refractivity contribution < 1.29 is 14.0 Å². The number of anilines is 2. The summed E-state index contributed by atoms with van der Waals surface area (Å²) in [6, 6.07) is 13.5. The highest BCUT2D eigenvalue weighted by atomic mass is 16.3. The number of carbonyl (C=O) groups is 2. The smallest absolute Gasteiger partial charge is 0.261 e. The van der Waals surface area contributed by atoms with Crippen molar-refractivity contribution in [1.82, 2.24) is 14.5 Å². The Labute approximate surface area is 233 Å². The van der Waals surface area contributed by atoms with E-state index in [1.807, 2.05) is 50.2 Å². The minimum absolute atomic E-state index is 0.0738. The number of nitrogens with zero attached hydrogens (tertiary/aromatic N) is 5. The lowest BCUT2D eigenvalue weighted by Gasteiger charge is -2.27. The summed E-state index contributed by atoms with van der Waals surface area (Å²) in [5.74, 6) is 0.278. The second kappa shape index (κ2) is 10.7. The maximum Gasteiger partial charge on any atom is 0.261 e. The number of furan rings is 1. The third kappa shape index (κ3) is 5.04.